The molecule has 0 bridgehead atoms. The molecule has 1 heterocycles. The second-order valence-electron chi connectivity index (χ2n) is 8.46. The fourth-order valence-electron chi connectivity index (χ4n) is 3.49. The first-order valence-corrected chi connectivity index (χ1v) is 11.4. The van der Waals surface area contributed by atoms with Crippen LogP contribution in [-0.2, 0) is 10.0 Å². The average Bonchev–Trinajstić information content (AvgIpc) is 3.20. The summed E-state index contributed by atoms with van der Waals surface area (Å²) >= 11 is 0. The molecule has 166 valence electrons. The lowest BCUT2D eigenvalue weighted by Crippen LogP contribution is -2.40. The number of hydrogen-bond acceptors (Lipinski definition) is 6. The van der Waals surface area contributed by atoms with E-state index in [0.717, 1.165) is 25.9 Å². The predicted octanol–water partition coefficient (Wildman–Crippen LogP) is 3.52. The van der Waals surface area contributed by atoms with Gasteiger partial charge < -0.3 is 10.2 Å². The molecular weight excluding hydrogens is 420 g/mol. The van der Waals surface area contributed by atoms with Crippen molar-refractivity contribution in [2.24, 2.45) is 0 Å². The summed E-state index contributed by atoms with van der Waals surface area (Å²) in [5.74, 6) is -0.630. The van der Waals surface area contributed by atoms with Gasteiger partial charge >= 0.3 is 0 Å². The van der Waals surface area contributed by atoms with Crippen LogP contribution in [0, 0.1) is 10.1 Å². The normalized spacial score (nSPS) is 14.5. The van der Waals surface area contributed by atoms with Gasteiger partial charge in [0.1, 0.15) is 10.6 Å². The van der Waals surface area contributed by atoms with Crippen LogP contribution in [0.25, 0.3) is 0 Å². The highest BCUT2D eigenvalue weighted by molar-refractivity contribution is 7.89. The molecule has 2 aromatic carbocycles. The van der Waals surface area contributed by atoms with Gasteiger partial charge in [0.15, 0.2) is 0 Å². The molecule has 3 rings (SSSR count). The van der Waals surface area contributed by atoms with E-state index < -0.39 is 26.4 Å². The fourth-order valence-corrected chi connectivity index (χ4v) is 5.08. The van der Waals surface area contributed by atoms with E-state index in [4.69, 9.17) is 0 Å². The van der Waals surface area contributed by atoms with E-state index in [-0.39, 0.29) is 21.8 Å². The Morgan fingerprint density at radius 1 is 1.10 bits per heavy atom. The van der Waals surface area contributed by atoms with Gasteiger partial charge in [-0.3, -0.25) is 14.9 Å². The minimum atomic E-state index is -3.90. The van der Waals surface area contributed by atoms with Crippen LogP contribution in [0.5, 0.6) is 0 Å². The van der Waals surface area contributed by atoms with Gasteiger partial charge in [-0.1, -0.05) is 12.1 Å². The van der Waals surface area contributed by atoms with Crippen molar-refractivity contribution < 1.29 is 18.1 Å². The maximum atomic E-state index is 12.8. The zero-order valence-electron chi connectivity index (χ0n) is 17.7. The number of nitrogens with zero attached hydrogens (tertiary/aromatic N) is 2. The highest BCUT2D eigenvalue weighted by Gasteiger charge is 2.27. The van der Waals surface area contributed by atoms with Crippen LogP contribution in [0.4, 0.5) is 17.1 Å². The zero-order valence-corrected chi connectivity index (χ0v) is 18.5. The maximum Gasteiger partial charge on any atom is 0.293 e. The molecule has 1 fully saturated rings. The van der Waals surface area contributed by atoms with Gasteiger partial charge in [0.05, 0.1) is 10.6 Å². The van der Waals surface area contributed by atoms with Crippen molar-refractivity contribution in [1.82, 2.24) is 4.72 Å². The largest absolute Gasteiger partial charge is 0.366 e. The van der Waals surface area contributed by atoms with Crippen molar-refractivity contribution in [2.45, 2.75) is 44.0 Å². The quantitative estimate of drug-likeness (QED) is 0.517. The average molecular weight is 447 g/mol. The molecule has 31 heavy (non-hydrogen) atoms. The summed E-state index contributed by atoms with van der Waals surface area (Å²) in [6, 6.07) is 10.3. The molecule has 0 aliphatic carbocycles. The standard InChI is InChI=1S/C21H26N4O5S/c1-21(2,3)23-31(29,30)19-9-5-4-8-16(19)22-20(26)15-10-11-17(18(14-15)25(27)28)24-12-6-7-13-24/h4-5,8-11,14,23H,6-7,12-13H2,1-3H3,(H,22,26). The topological polar surface area (TPSA) is 122 Å². The summed E-state index contributed by atoms with van der Waals surface area (Å²) in [6.07, 6.45) is 1.93. The maximum absolute atomic E-state index is 12.8. The number of carbonyl (C=O) groups excluding carboxylic acids is 1. The smallest absolute Gasteiger partial charge is 0.293 e. The summed E-state index contributed by atoms with van der Waals surface area (Å²) < 4.78 is 28.1. The van der Waals surface area contributed by atoms with Crippen molar-refractivity contribution in [3.63, 3.8) is 0 Å². The number of carbonyl (C=O) groups is 1. The Bertz CT molecular complexity index is 1100. The van der Waals surface area contributed by atoms with Gasteiger partial charge in [-0.25, -0.2) is 13.1 Å². The second kappa shape index (κ2) is 8.64. The molecule has 2 N–H and O–H groups in total. The third-order valence-electron chi connectivity index (χ3n) is 4.75. The van der Waals surface area contributed by atoms with E-state index in [9.17, 15) is 23.3 Å². The lowest BCUT2D eigenvalue weighted by molar-refractivity contribution is -0.384. The summed E-state index contributed by atoms with van der Waals surface area (Å²) in [4.78, 5) is 25.8. The Hall–Kier alpha value is -2.98. The third-order valence-corrected chi connectivity index (χ3v) is 6.56. The number of sulfonamides is 1. The number of anilines is 2. The molecule has 0 unspecified atom stereocenters. The van der Waals surface area contributed by atoms with E-state index in [2.05, 4.69) is 10.0 Å². The van der Waals surface area contributed by atoms with Gasteiger partial charge in [-0.05, 0) is 57.9 Å². The monoisotopic (exact) mass is 446 g/mol. The van der Waals surface area contributed by atoms with Gasteiger partial charge in [-0.2, -0.15) is 0 Å². The summed E-state index contributed by atoms with van der Waals surface area (Å²) in [5, 5.41) is 14.2. The Balaban J connectivity index is 1.91. The second-order valence-corrected chi connectivity index (χ2v) is 10.1. The van der Waals surface area contributed by atoms with Gasteiger partial charge in [-0.15, -0.1) is 0 Å². The molecule has 10 heteroatoms. The molecule has 2 aromatic rings. The van der Waals surface area contributed by atoms with Crippen molar-refractivity contribution in [2.75, 3.05) is 23.3 Å². The molecular formula is C21H26N4O5S. The molecule has 0 radical (unpaired) electrons. The van der Waals surface area contributed by atoms with Crippen LogP contribution < -0.4 is 14.9 Å². The number of rotatable bonds is 6. The first kappa shape index (κ1) is 22.7. The van der Waals surface area contributed by atoms with Crippen molar-refractivity contribution in [3.8, 4) is 0 Å². The Labute approximate surface area is 181 Å². The summed E-state index contributed by atoms with van der Waals surface area (Å²) in [7, 11) is -3.90. The molecule has 9 nitrogen and oxygen atoms in total. The van der Waals surface area contributed by atoms with Crippen LogP contribution >= 0.6 is 0 Å². The molecule has 1 aliphatic heterocycles. The minimum absolute atomic E-state index is 0.0747. The SMILES string of the molecule is CC(C)(C)NS(=O)(=O)c1ccccc1NC(=O)c1ccc(N2CCCC2)c([N+](=O)[O-])c1. The number of para-hydroxylation sites is 1. The number of nitrogens with one attached hydrogen (secondary N) is 2. The van der Waals surface area contributed by atoms with Crippen molar-refractivity contribution in [1.29, 1.82) is 0 Å². The lowest BCUT2D eigenvalue weighted by atomic mass is 10.1. The van der Waals surface area contributed by atoms with E-state index >= 15 is 0 Å². The lowest BCUT2D eigenvalue weighted by Gasteiger charge is -2.21. The van der Waals surface area contributed by atoms with Crippen LogP contribution in [0.15, 0.2) is 47.4 Å². The first-order chi connectivity index (χ1) is 14.5. The molecule has 0 spiro atoms. The molecule has 0 saturated carbocycles. The van der Waals surface area contributed by atoms with E-state index in [1.54, 1.807) is 39.0 Å². The van der Waals surface area contributed by atoms with E-state index in [0.29, 0.717) is 5.69 Å². The van der Waals surface area contributed by atoms with E-state index in [1.165, 1.54) is 24.3 Å². The van der Waals surface area contributed by atoms with Crippen LogP contribution in [0.3, 0.4) is 0 Å². The Kier molecular flexibility index (Phi) is 6.33. The summed E-state index contributed by atoms with van der Waals surface area (Å²) in [6.45, 7) is 6.61. The Morgan fingerprint density at radius 3 is 2.35 bits per heavy atom. The molecule has 1 aliphatic rings. The summed E-state index contributed by atoms with van der Waals surface area (Å²) in [5.41, 5.74) is -0.204. The predicted molar refractivity (Wildman–Crippen MR) is 119 cm³/mol. The van der Waals surface area contributed by atoms with Gasteiger partial charge in [0.25, 0.3) is 11.6 Å². The zero-order chi connectivity index (χ0) is 22.8. The molecule has 1 amide bonds. The van der Waals surface area contributed by atoms with E-state index in [1.807, 2.05) is 4.90 Å². The number of nitro groups is 1. The highest BCUT2D eigenvalue weighted by atomic mass is 32.2. The van der Waals surface area contributed by atoms with Gasteiger partial charge in [0.2, 0.25) is 10.0 Å². The van der Waals surface area contributed by atoms with Crippen LogP contribution in [0.2, 0.25) is 0 Å². The third kappa shape index (κ3) is 5.39. The highest BCUT2D eigenvalue weighted by Crippen LogP contribution is 2.32. The number of benzene rings is 2. The van der Waals surface area contributed by atoms with Gasteiger partial charge in [0, 0.05) is 30.3 Å². The van der Waals surface area contributed by atoms with Crippen molar-refractivity contribution >= 4 is 33.0 Å². The first-order valence-electron chi connectivity index (χ1n) is 9.96. The Morgan fingerprint density at radius 2 is 1.74 bits per heavy atom. The minimum Gasteiger partial charge on any atom is -0.366 e. The number of nitro benzene ring substituents is 1. The molecule has 0 atom stereocenters. The van der Waals surface area contributed by atoms with Crippen molar-refractivity contribution in [3.05, 3.63) is 58.1 Å². The fraction of sp³-hybridized carbons (Fsp3) is 0.381. The number of hydrogen-bond donors (Lipinski definition) is 2. The van der Waals surface area contributed by atoms with Crippen LogP contribution in [0.1, 0.15) is 44.0 Å². The molecule has 1 saturated heterocycles. The molecule has 0 aromatic heterocycles. The number of amides is 1. The van der Waals surface area contributed by atoms with Crippen LogP contribution in [-0.4, -0.2) is 37.9 Å².